The van der Waals surface area contributed by atoms with E-state index in [0.29, 0.717) is 4.80 Å². The topological polar surface area (TPSA) is 68.5 Å². The molecule has 0 radical (unpaired) electrons. The van der Waals surface area contributed by atoms with E-state index in [1.807, 2.05) is 27.8 Å². The van der Waals surface area contributed by atoms with Gasteiger partial charge in [0.1, 0.15) is 0 Å². The molecule has 0 saturated heterocycles. The Kier molecular flexibility index (Phi) is 3.84. The van der Waals surface area contributed by atoms with Crippen LogP contribution in [-0.4, -0.2) is 25.1 Å². The highest BCUT2D eigenvalue weighted by molar-refractivity contribution is 7.90. The van der Waals surface area contributed by atoms with Crippen molar-refractivity contribution in [2.45, 2.75) is 25.7 Å². The van der Waals surface area contributed by atoms with Crippen LogP contribution in [0.5, 0.6) is 0 Å². The maximum Gasteiger partial charge on any atom is 0.253 e. The number of thiazole rings is 1. The lowest BCUT2D eigenvalue weighted by Crippen LogP contribution is -2.22. The maximum atomic E-state index is 12.0. The molecule has 0 saturated carbocycles. The first-order chi connectivity index (χ1) is 9.50. The van der Waals surface area contributed by atoms with Crippen molar-refractivity contribution in [1.29, 1.82) is 0 Å². The summed E-state index contributed by atoms with van der Waals surface area (Å²) in [5, 5.41) is 0. The number of fused-ring (bicyclic) bond motifs is 1. The summed E-state index contributed by atoms with van der Waals surface area (Å²) in [4.78, 5) is 17.0. The molecule has 5 nitrogen and oxygen atoms in total. The first-order valence-electron chi connectivity index (χ1n) is 6.39. The van der Waals surface area contributed by atoms with Crippen LogP contribution >= 0.6 is 11.3 Å². The van der Waals surface area contributed by atoms with Gasteiger partial charge in [-0.3, -0.25) is 4.79 Å². The van der Waals surface area contributed by atoms with Crippen LogP contribution in [0.25, 0.3) is 10.2 Å². The molecule has 0 aliphatic carbocycles. The normalized spacial score (nSPS) is 13.9. The molecule has 2 rings (SSSR count). The van der Waals surface area contributed by atoms with Crippen LogP contribution in [0.1, 0.15) is 20.8 Å². The van der Waals surface area contributed by atoms with E-state index in [0.717, 1.165) is 10.2 Å². The van der Waals surface area contributed by atoms with Gasteiger partial charge in [0.2, 0.25) is 0 Å². The SMILES string of the molecule is Cn1c(=NC(=O)C(C)(C)C)sc2cc(S(C)(=O)=O)ccc21. The highest BCUT2D eigenvalue weighted by Crippen LogP contribution is 2.21. The Morgan fingerprint density at radius 2 is 1.90 bits per heavy atom. The summed E-state index contributed by atoms with van der Waals surface area (Å²) in [6.07, 6.45) is 1.18. The molecule has 0 aliphatic rings. The summed E-state index contributed by atoms with van der Waals surface area (Å²) < 4.78 is 25.8. The van der Waals surface area contributed by atoms with Gasteiger partial charge in [0, 0.05) is 18.7 Å². The highest BCUT2D eigenvalue weighted by Gasteiger charge is 2.21. The Labute approximate surface area is 127 Å². The predicted octanol–water partition coefficient (Wildman–Crippen LogP) is 2.12. The summed E-state index contributed by atoms with van der Waals surface area (Å²) in [5.41, 5.74) is 0.314. The number of carbonyl (C=O) groups excluding carboxylic acids is 1. The number of benzene rings is 1. The summed E-state index contributed by atoms with van der Waals surface area (Å²) in [5.74, 6) is -0.201. The molecule has 0 atom stereocenters. The molecule has 2 aromatic rings. The van der Waals surface area contributed by atoms with Gasteiger partial charge in [-0.15, -0.1) is 0 Å². The van der Waals surface area contributed by atoms with Crippen molar-refractivity contribution in [3.8, 4) is 0 Å². The molecule has 0 bridgehead atoms. The zero-order valence-corrected chi connectivity index (χ0v) is 14.3. The molecule has 0 aliphatic heterocycles. The average Bonchev–Trinajstić information content (AvgIpc) is 2.63. The van der Waals surface area contributed by atoms with Crippen LogP contribution in [0.15, 0.2) is 28.1 Å². The van der Waals surface area contributed by atoms with Gasteiger partial charge < -0.3 is 4.57 Å². The smallest absolute Gasteiger partial charge is 0.253 e. The fourth-order valence-electron chi connectivity index (χ4n) is 1.71. The molecule has 0 fully saturated rings. The van der Waals surface area contributed by atoms with Crippen molar-refractivity contribution >= 4 is 37.3 Å². The Balaban J connectivity index is 2.67. The fourth-order valence-corrected chi connectivity index (χ4v) is 3.48. The molecular weight excluding hydrogens is 308 g/mol. The Morgan fingerprint density at radius 3 is 2.43 bits per heavy atom. The lowest BCUT2D eigenvalue weighted by Gasteiger charge is -2.11. The van der Waals surface area contributed by atoms with Crippen molar-refractivity contribution < 1.29 is 13.2 Å². The summed E-state index contributed by atoms with van der Waals surface area (Å²) >= 11 is 1.31. The third-order valence-corrected chi connectivity index (χ3v) is 5.25. The van der Waals surface area contributed by atoms with Crippen LogP contribution in [0, 0.1) is 5.41 Å². The maximum absolute atomic E-state index is 12.0. The average molecular weight is 326 g/mol. The van der Waals surface area contributed by atoms with Gasteiger partial charge in [-0.25, -0.2) is 8.42 Å². The number of rotatable bonds is 1. The largest absolute Gasteiger partial charge is 0.319 e. The second kappa shape index (κ2) is 5.06. The van der Waals surface area contributed by atoms with E-state index in [4.69, 9.17) is 0 Å². The predicted molar refractivity (Wildman–Crippen MR) is 83.9 cm³/mol. The van der Waals surface area contributed by atoms with Gasteiger partial charge in [0.15, 0.2) is 14.6 Å². The Bertz CT molecular complexity index is 881. The molecule has 1 amide bonds. The van der Waals surface area contributed by atoms with Crippen LogP contribution < -0.4 is 4.80 Å². The first-order valence-corrected chi connectivity index (χ1v) is 9.10. The Morgan fingerprint density at radius 1 is 1.29 bits per heavy atom. The van der Waals surface area contributed by atoms with E-state index < -0.39 is 15.3 Å². The van der Waals surface area contributed by atoms with E-state index >= 15 is 0 Å². The van der Waals surface area contributed by atoms with Gasteiger partial charge in [0.25, 0.3) is 5.91 Å². The Hall–Kier alpha value is -1.47. The van der Waals surface area contributed by atoms with Crippen molar-refractivity contribution in [2.75, 3.05) is 6.26 Å². The summed E-state index contributed by atoms with van der Waals surface area (Å²) in [6, 6.07) is 4.93. The van der Waals surface area contributed by atoms with E-state index in [-0.39, 0.29) is 10.8 Å². The second-order valence-corrected chi connectivity index (χ2v) is 9.04. The fraction of sp³-hybridized carbons (Fsp3) is 0.429. The van der Waals surface area contributed by atoms with Crippen LogP contribution in [0.4, 0.5) is 0 Å². The minimum absolute atomic E-state index is 0.201. The van der Waals surface area contributed by atoms with Crippen LogP contribution in [0.2, 0.25) is 0 Å². The molecule has 0 spiro atoms. The molecule has 1 aromatic carbocycles. The third-order valence-electron chi connectivity index (χ3n) is 3.05. The molecule has 7 heteroatoms. The standard InChI is InChI=1S/C14H18N2O3S2/c1-14(2,3)12(17)15-13-16(4)10-7-6-9(21(5,18)19)8-11(10)20-13/h6-8H,1-5H3. The van der Waals surface area contributed by atoms with E-state index in [2.05, 4.69) is 4.99 Å². The molecule has 1 aromatic heterocycles. The molecule has 114 valence electrons. The number of sulfone groups is 1. The van der Waals surface area contributed by atoms with Gasteiger partial charge in [-0.05, 0) is 18.2 Å². The monoisotopic (exact) mass is 326 g/mol. The van der Waals surface area contributed by atoms with Crippen molar-refractivity contribution in [3.05, 3.63) is 23.0 Å². The minimum atomic E-state index is -3.24. The first kappa shape index (κ1) is 15.9. The number of hydrogen-bond donors (Lipinski definition) is 0. The van der Waals surface area contributed by atoms with Gasteiger partial charge in [0.05, 0.1) is 15.1 Å². The number of amides is 1. The van der Waals surface area contributed by atoms with Crippen molar-refractivity contribution in [1.82, 2.24) is 4.57 Å². The van der Waals surface area contributed by atoms with Crippen LogP contribution in [-0.2, 0) is 21.7 Å². The summed E-state index contributed by atoms with van der Waals surface area (Å²) in [7, 11) is -1.43. The quantitative estimate of drug-likeness (QED) is 0.806. The van der Waals surface area contributed by atoms with Crippen molar-refractivity contribution in [2.24, 2.45) is 17.5 Å². The number of nitrogens with zero attached hydrogens (tertiary/aromatic N) is 2. The molecule has 21 heavy (non-hydrogen) atoms. The second-order valence-electron chi connectivity index (χ2n) is 6.01. The number of hydrogen-bond acceptors (Lipinski definition) is 4. The van der Waals surface area contributed by atoms with Gasteiger partial charge in [-0.2, -0.15) is 4.99 Å². The third kappa shape index (κ3) is 3.24. The highest BCUT2D eigenvalue weighted by atomic mass is 32.2. The zero-order valence-electron chi connectivity index (χ0n) is 12.7. The van der Waals surface area contributed by atoms with Crippen molar-refractivity contribution in [3.63, 3.8) is 0 Å². The van der Waals surface area contributed by atoms with Crippen LogP contribution in [0.3, 0.4) is 0 Å². The molecule has 0 N–H and O–H groups in total. The minimum Gasteiger partial charge on any atom is -0.319 e. The van der Waals surface area contributed by atoms with Gasteiger partial charge >= 0.3 is 0 Å². The summed E-state index contributed by atoms with van der Waals surface area (Å²) in [6.45, 7) is 5.44. The number of aryl methyl sites for hydroxylation is 1. The van der Waals surface area contributed by atoms with E-state index in [1.165, 1.54) is 17.6 Å². The molecular formula is C14H18N2O3S2. The molecule has 0 unspecified atom stereocenters. The number of aromatic nitrogens is 1. The lowest BCUT2D eigenvalue weighted by atomic mass is 9.96. The van der Waals surface area contributed by atoms with E-state index in [1.54, 1.807) is 22.8 Å². The zero-order chi connectivity index (χ0) is 16.0. The van der Waals surface area contributed by atoms with Gasteiger partial charge in [-0.1, -0.05) is 32.1 Å². The van der Waals surface area contributed by atoms with E-state index in [9.17, 15) is 13.2 Å². The number of carbonyl (C=O) groups is 1. The lowest BCUT2D eigenvalue weighted by molar-refractivity contribution is -0.125. The molecule has 1 heterocycles.